The number of benzene rings is 1. The minimum Gasteiger partial charge on any atom is -0.467 e. The second-order valence-electron chi connectivity index (χ2n) is 4.56. The van der Waals surface area contributed by atoms with Gasteiger partial charge in [-0.25, -0.2) is 0 Å². The van der Waals surface area contributed by atoms with E-state index in [1.54, 1.807) is 0 Å². The third-order valence-corrected chi connectivity index (χ3v) is 2.88. The molecule has 1 aromatic rings. The van der Waals surface area contributed by atoms with Crippen LogP contribution in [0.3, 0.4) is 0 Å². The molecule has 1 N–H and O–H groups in total. The first-order valence-corrected chi connectivity index (χ1v) is 6.02. The average molecular weight is 276 g/mol. The van der Waals surface area contributed by atoms with Crippen molar-refractivity contribution < 1.29 is 27.8 Å². The summed E-state index contributed by atoms with van der Waals surface area (Å²) < 4.78 is 48.6. The second kappa shape index (κ2) is 5.79. The smallest absolute Gasteiger partial charge is 0.419 e. The van der Waals surface area contributed by atoms with Gasteiger partial charge in [0.1, 0.15) is 5.75 Å². The van der Waals surface area contributed by atoms with Crippen molar-refractivity contribution >= 4 is 0 Å². The van der Waals surface area contributed by atoms with Gasteiger partial charge in [0.05, 0.1) is 18.8 Å². The van der Waals surface area contributed by atoms with Gasteiger partial charge >= 0.3 is 6.18 Å². The van der Waals surface area contributed by atoms with Crippen LogP contribution in [0.4, 0.5) is 13.2 Å². The zero-order chi connectivity index (χ0) is 13.9. The van der Waals surface area contributed by atoms with E-state index in [0.29, 0.717) is 12.5 Å². The Bertz CT molecular complexity index is 428. The number of hydrogen-bond donors (Lipinski definition) is 1. The van der Waals surface area contributed by atoms with Crippen LogP contribution in [0.5, 0.6) is 5.75 Å². The van der Waals surface area contributed by atoms with E-state index in [2.05, 4.69) is 0 Å². The monoisotopic (exact) mass is 276 g/mol. The van der Waals surface area contributed by atoms with E-state index in [4.69, 9.17) is 14.6 Å². The van der Waals surface area contributed by atoms with E-state index < -0.39 is 18.3 Å². The predicted molar refractivity (Wildman–Crippen MR) is 61.5 cm³/mol. The Hall–Kier alpha value is -1.27. The highest BCUT2D eigenvalue weighted by molar-refractivity contribution is 5.39. The lowest BCUT2D eigenvalue weighted by molar-refractivity contribution is -0.140. The summed E-state index contributed by atoms with van der Waals surface area (Å²) in [5.74, 6) is 0.253. The fourth-order valence-corrected chi connectivity index (χ4v) is 1.63. The van der Waals surface area contributed by atoms with E-state index in [1.165, 1.54) is 12.1 Å². The Morgan fingerprint density at radius 1 is 1.26 bits per heavy atom. The summed E-state index contributed by atoms with van der Waals surface area (Å²) in [4.78, 5) is 0. The van der Waals surface area contributed by atoms with Crippen molar-refractivity contribution in [3.63, 3.8) is 0 Å². The molecular formula is C13H15F3O3. The summed E-state index contributed by atoms with van der Waals surface area (Å²) in [6.07, 6.45) is -2.30. The Balaban J connectivity index is 2.00. The average Bonchev–Trinajstić information content (AvgIpc) is 3.17. The van der Waals surface area contributed by atoms with Crippen LogP contribution < -0.4 is 4.74 Å². The molecule has 0 spiro atoms. The molecule has 3 nitrogen and oxygen atoms in total. The van der Waals surface area contributed by atoms with E-state index in [-0.39, 0.29) is 18.1 Å². The summed E-state index contributed by atoms with van der Waals surface area (Å²) in [6, 6.07) is 3.48. The van der Waals surface area contributed by atoms with Crippen molar-refractivity contribution in [3.8, 4) is 5.75 Å². The largest absolute Gasteiger partial charge is 0.467 e. The Morgan fingerprint density at radius 3 is 2.58 bits per heavy atom. The maximum atomic E-state index is 12.8. The normalized spacial score (nSPS) is 15.6. The van der Waals surface area contributed by atoms with Crippen molar-refractivity contribution in [1.29, 1.82) is 0 Å². The molecule has 0 amide bonds. The van der Waals surface area contributed by atoms with Crippen LogP contribution in [0, 0.1) is 5.92 Å². The van der Waals surface area contributed by atoms with Crippen molar-refractivity contribution in [3.05, 3.63) is 29.3 Å². The zero-order valence-electron chi connectivity index (χ0n) is 10.2. The van der Waals surface area contributed by atoms with Crippen LogP contribution >= 0.6 is 0 Å². The molecule has 0 radical (unpaired) electrons. The van der Waals surface area contributed by atoms with E-state index in [1.807, 2.05) is 0 Å². The van der Waals surface area contributed by atoms with Gasteiger partial charge in [-0.15, -0.1) is 0 Å². The van der Waals surface area contributed by atoms with E-state index in [0.717, 1.165) is 18.9 Å². The van der Waals surface area contributed by atoms with Gasteiger partial charge in [-0.2, -0.15) is 13.2 Å². The van der Waals surface area contributed by atoms with Gasteiger partial charge in [0, 0.05) is 0 Å². The molecule has 1 aliphatic carbocycles. The lowest BCUT2D eigenvalue weighted by Crippen LogP contribution is -2.12. The van der Waals surface area contributed by atoms with Crippen LogP contribution in [-0.2, 0) is 17.5 Å². The summed E-state index contributed by atoms with van der Waals surface area (Å²) in [5, 5.41) is 8.87. The molecule has 106 valence electrons. The van der Waals surface area contributed by atoms with Gasteiger partial charge < -0.3 is 14.6 Å². The van der Waals surface area contributed by atoms with E-state index in [9.17, 15) is 13.2 Å². The lowest BCUT2D eigenvalue weighted by atomic mass is 10.1. The minimum atomic E-state index is -4.52. The topological polar surface area (TPSA) is 38.7 Å². The fraction of sp³-hybridized carbons (Fsp3) is 0.538. The van der Waals surface area contributed by atoms with Crippen molar-refractivity contribution in [2.45, 2.75) is 25.6 Å². The van der Waals surface area contributed by atoms with Crippen LogP contribution in [0.25, 0.3) is 0 Å². The standard InChI is InChI=1S/C13H15F3O3/c14-13(15,16)11-5-10(6-17)3-4-12(11)19-8-18-7-9-1-2-9/h3-5,9,17H,1-2,6-8H2. The van der Waals surface area contributed by atoms with E-state index >= 15 is 0 Å². The van der Waals surface area contributed by atoms with Crippen LogP contribution in [0.2, 0.25) is 0 Å². The highest BCUT2D eigenvalue weighted by Gasteiger charge is 2.34. The first kappa shape index (κ1) is 14.1. The number of alkyl halides is 3. The molecular weight excluding hydrogens is 261 g/mol. The van der Waals surface area contributed by atoms with Crippen LogP contribution in [0.1, 0.15) is 24.0 Å². The molecule has 6 heteroatoms. The molecule has 0 aromatic heterocycles. The first-order chi connectivity index (χ1) is 9.00. The molecule has 0 unspecified atom stereocenters. The number of aliphatic hydroxyl groups is 1. The molecule has 0 bridgehead atoms. The maximum absolute atomic E-state index is 12.8. The molecule has 2 rings (SSSR count). The van der Waals surface area contributed by atoms with Gasteiger partial charge in [0.2, 0.25) is 0 Å². The summed E-state index contributed by atoms with van der Waals surface area (Å²) >= 11 is 0. The Morgan fingerprint density at radius 2 is 2.00 bits per heavy atom. The molecule has 1 aliphatic rings. The number of hydrogen-bond acceptors (Lipinski definition) is 3. The first-order valence-electron chi connectivity index (χ1n) is 6.02. The summed E-state index contributed by atoms with van der Waals surface area (Å²) in [5.41, 5.74) is -0.701. The molecule has 0 aliphatic heterocycles. The van der Waals surface area contributed by atoms with Gasteiger partial charge in [-0.05, 0) is 36.5 Å². The molecule has 1 aromatic carbocycles. The highest BCUT2D eigenvalue weighted by atomic mass is 19.4. The lowest BCUT2D eigenvalue weighted by Gasteiger charge is -2.15. The minimum absolute atomic E-state index is 0.193. The summed E-state index contributed by atoms with van der Waals surface area (Å²) in [6.45, 7) is -0.115. The maximum Gasteiger partial charge on any atom is 0.419 e. The second-order valence-corrected chi connectivity index (χ2v) is 4.56. The Labute approximate surface area is 108 Å². The predicted octanol–water partition coefficient (Wildman–Crippen LogP) is 2.96. The molecule has 0 saturated heterocycles. The highest BCUT2D eigenvalue weighted by Crippen LogP contribution is 2.37. The van der Waals surface area contributed by atoms with Crippen molar-refractivity contribution in [1.82, 2.24) is 0 Å². The Kier molecular flexibility index (Phi) is 4.31. The molecule has 19 heavy (non-hydrogen) atoms. The number of aliphatic hydroxyl groups excluding tert-OH is 1. The number of halogens is 3. The third-order valence-electron chi connectivity index (χ3n) is 2.88. The molecule has 0 heterocycles. The SMILES string of the molecule is OCc1ccc(OCOCC2CC2)c(C(F)(F)F)c1. The summed E-state index contributed by atoms with van der Waals surface area (Å²) in [7, 11) is 0. The quantitative estimate of drug-likeness (QED) is 0.641. The number of rotatable bonds is 6. The molecule has 1 fully saturated rings. The van der Waals surface area contributed by atoms with Crippen molar-refractivity contribution in [2.24, 2.45) is 5.92 Å². The van der Waals surface area contributed by atoms with Gasteiger partial charge in [-0.3, -0.25) is 0 Å². The van der Waals surface area contributed by atoms with Gasteiger partial charge in [-0.1, -0.05) is 6.07 Å². The third kappa shape index (κ3) is 4.11. The van der Waals surface area contributed by atoms with Gasteiger partial charge in [0.15, 0.2) is 6.79 Å². The van der Waals surface area contributed by atoms with Crippen LogP contribution in [0.15, 0.2) is 18.2 Å². The van der Waals surface area contributed by atoms with Crippen molar-refractivity contribution in [2.75, 3.05) is 13.4 Å². The zero-order valence-corrected chi connectivity index (χ0v) is 10.2. The molecule has 1 saturated carbocycles. The van der Waals surface area contributed by atoms with Gasteiger partial charge in [0.25, 0.3) is 0 Å². The molecule has 0 atom stereocenters. The van der Waals surface area contributed by atoms with Crippen LogP contribution in [-0.4, -0.2) is 18.5 Å². The number of ether oxygens (including phenoxy) is 2. The fourth-order valence-electron chi connectivity index (χ4n) is 1.63.